The molecule has 0 radical (unpaired) electrons. The number of methoxy groups -OCH3 is 1. The normalized spacial score (nSPS) is 13.2. The van der Waals surface area contributed by atoms with E-state index in [4.69, 9.17) is 19.6 Å². The zero-order valence-electron chi connectivity index (χ0n) is 16.2. The van der Waals surface area contributed by atoms with E-state index >= 15 is 0 Å². The number of esters is 1. The molecular formula is C23H17N3O4. The van der Waals surface area contributed by atoms with Crippen LogP contribution in [0.1, 0.15) is 21.5 Å². The molecule has 7 heteroatoms. The Bertz CT molecular complexity index is 1300. The first kappa shape index (κ1) is 18.0. The number of carbonyl (C=O) groups is 1. The minimum atomic E-state index is -0.422. The SMILES string of the molecule is COC(=O)c1ccc(-c2cc3n(c(=N)c2C#N)CCc2cc4c(cc2-3)OCO4)cc1. The number of benzene rings is 2. The second-order valence-corrected chi connectivity index (χ2v) is 7.11. The Morgan fingerprint density at radius 2 is 1.87 bits per heavy atom. The van der Waals surface area contributed by atoms with E-state index in [0.717, 1.165) is 34.6 Å². The van der Waals surface area contributed by atoms with Crippen molar-refractivity contribution in [2.75, 3.05) is 13.9 Å². The molecule has 0 bridgehead atoms. The van der Waals surface area contributed by atoms with Crippen LogP contribution < -0.4 is 15.0 Å². The number of aryl methyl sites for hydroxylation is 1. The Kier molecular flexibility index (Phi) is 4.07. The predicted octanol–water partition coefficient (Wildman–Crippen LogP) is 3.24. The quantitative estimate of drug-likeness (QED) is 0.667. The predicted molar refractivity (Wildman–Crippen MR) is 107 cm³/mol. The molecule has 0 saturated heterocycles. The molecule has 0 spiro atoms. The van der Waals surface area contributed by atoms with Gasteiger partial charge in [0.15, 0.2) is 11.5 Å². The van der Waals surface area contributed by atoms with Gasteiger partial charge in [0.1, 0.15) is 17.1 Å². The van der Waals surface area contributed by atoms with Crippen LogP contribution in [0.3, 0.4) is 0 Å². The van der Waals surface area contributed by atoms with Crippen LogP contribution >= 0.6 is 0 Å². The third-order valence-electron chi connectivity index (χ3n) is 5.56. The maximum absolute atomic E-state index is 11.7. The minimum absolute atomic E-state index is 0.172. The lowest BCUT2D eigenvalue weighted by Crippen LogP contribution is -2.28. The lowest BCUT2D eigenvalue weighted by molar-refractivity contribution is 0.0600. The Morgan fingerprint density at radius 3 is 2.57 bits per heavy atom. The highest BCUT2D eigenvalue weighted by Crippen LogP contribution is 2.41. The minimum Gasteiger partial charge on any atom is -0.465 e. The van der Waals surface area contributed by atoms with E-state index in [-0.39, 0.29) is 12.3 Å². The van der Waals surface area contributed by atoms with Crippen molar-refractivity contribution < 1.29 is 19.0 Å². The fraction of sp³-hybridized carbons (Fsp3) is 0.174. The van der Waals surface area contributed by atoms with Crippen LogP contribution in [0.2, 0.25) is 0 Å². The van der Waals surface area contributed by atoms with E-state index in [1.165, 1.54) is 7.11 Å². The summed E-state index contributed by atoms with van der Waals surface area (Å²) >= 11 is 0. The summed E-state index contributed by atoms with van der Waals surface area (Å²) in [5, 5.41) is 18.4. The van der Waals surface area contributed by atoms with Gasteiger partial charge >= 0.3 is 5.97 Å². The van der Waals surface area contributed by atoms with E-state index in [1.807, 2.05) is 22.8 Å². The third kappa shape index (κ3) is 2.65. The van der Waals surface area contributed by atoms with Gasteiger partial charge in [-0.05, 0) is 47.9 Å². The Balaban J connectivity index is 1.70. The zero-order valence-corrected chi connectivity index (χ0v) is 16.2. The summed E-state index contributed by atoms with van der Waals surface area (Å²) in [6.45, 7) is 0.810. The van der Waals surface area contributed by atoms with Crippen molar-refractivity contribution in [3.05, 3.63) is 64.6 Å². The second-order valence-electron chi connectivity index (χ2n) is 7.11. The van der Waals surface area contributed by atoms with E-state index < -0.39 is 5.97 Å². The molecule has 2 aliphatic heterocycles. The number of ether oxygens (including phenoxy) is 3. The first-order valence-corrected chi connectivity index (χ1v) is 9.45. The summed E-state index contributed by atoms with van der Waals surface area (Å²) in [7, 11) is 1.33. The average molecular weight is 399 g/mol. The summed E-state index contributed by atoms with van der Waals surface area (Å²) in [4.78, 5) is 11.7. The third-order valence-corrected chi connectivity index (χ3v) is 5.56. The van der Waals surface area contributed by atoms with Gasteiger partial charge in [0.2, 0.25) is 6.79 Å². The van der Waals surface area contributed by atoms with Crippen LogP contribution in [0.25, 0.3) is 22.4 Å². The number of carbonyl (C=O) groups excluding carboxylic acids is 1. The Labute approximate surface area is 172 Å². The zero-order chi connectivity index (χ0) is 20.8. The van der Waals surface area contributed by atoms with Crippen LogP contribution in [0.15, 0.2) is 42.5 Å². The van der Waals surface area contributed by atoms with Gasteiger partial charge in [0.05, 0.1) is 18.4 Å². The van der Waals surface area contributed by atoms with Crippen molar-refractivity contribution in [3.8, 4) is 40.0 Å². The highest BCUT2D eigenvalue weighted by Gasteiger charge is 2.25. The van der Waals surface area contributed by atoms with Crippen molar-refractivity contribution in [2.45, 2.75) is 13.0 Å². The van der Waals surface area contributed by atoms with Gasteiger partial charge in [-0.1, -0.05) is 12.1 Å². The fourth-order valence-corrected chi connectivity index (χ4v) is 4.03. The molecule has 5 rings (SSSR count). The van der Waals surface area contributed by atoms with Gasteiger partial charge in [-0.25, -0.2) is 4.79 Å². The standard InChI is InChI=1S/C23H17N3O4/c1-28-23(27)14-4-2-13(3-5-14)16-9-19-17-10-21-20(29-12-30-21)8-15(17)6-7-26(19)22(25)18(16)11-24/h2-5,8-10,25H,6-7,12H2,1H3. The number of rotatable bonds is 2. The van der Waals surface area contributed by atoms with Gasteiger partial charge in [-0.15, -0.1) is 0 Å². The summed E-state index contributed by atoms with van der Waals surface area (Å²) < 4.78 is 17.6. The lowest BCUT2D eigenvalue weighted by atomic mass is 9.92. The fourth-order valence-electron chi connectivity index (χ4n) is 4.03. The smallest absolute Gasteiger partial charge is 0.337 e. The molecule has 2 aromatic carbocycles. The summed E-state index contributed by atoms with van der Waals surface area (Å²) in [6.07, 6.45) is 0.744. The van der Waals surface area contributed by atoms with E-state index in [2.05, 4.69) is 6.07 Å². The van der Waals surface area contributed by atoms with Crippen LogP contribution in [0.4, 0.5) is 0 Å². The molecule has 7 nitrogen and oxygen atoms in total. The highest BCUT2D eigenvalue weighted by atomic mass is 16.7. The van der Waals surface area contributed by atoms with Crippen molar-refractivity contribution in [3.63, 3.8) is 0 Å². The molecule has 0 unspecified atom stereocenters. The number of hydrogen-bond acceptors (Lipinski definition) is 6. The molecule has 0 amide bonds. The number of nitrogens with one attached hydrogen (secondary N) is 1. The van der Waals surface area contributed by atoms with Crippen molar-refractivity contribution in [2.24, 2.45) is 0 Å². The Hall–Kier alpha value is -4.05. The van der Waals surface area contributed by atoms with E-state index in [1.54, 1.807) is 24.3 Å². The van der Waals surface area contributed by atoms with Gasteiger partial charge in [0.25, 0.3) is 0 Å². The maximum atomic E-state index is 11.7. The van der Waals surface area contributed by atoms with Crippen molar-refractivity contribution in [1.82, 2.24) is 4.57 Å². The molecule has 148 valence electrons. The molecule has 0 aliphatic carbocycles. The van der Waals surface area contributed by atoms with Gasteiger partial charge in [-0.2, -0.15) is 5.26 Å². The largest absolute Gasteiger partial charge is 0.465 e. The topological polar surface area (TPSA) is 97.3 Å². The van der Waals surface area contributed by atoms with Gasteiger partial charge in [0, 0.05) is 17.7 Å². The Morgan fingerprint density at radius 1 is 1.13 bits per heavy atom. The number of pyridine rings is 1. The van der Waals surface area contributed by atoms with E-state index in [0.29, 0.717) is 29.0 Å². The summed E-state index contributed by atoms with van der Waals surface area (Å²) in [6, 6.07) is 14.9. The van der Waals surface area contributed by atoms with Gasteiger partial charge < -0.3 is 18.8 Å². The van der Waals surface area contributed by atoms with Crippen LogP contribution in [0.5, 0.6) is 11.5 Å². The molecule has 0 fully saturated rings. The maximum Gasteiger partial charge on any atom is 0.337 e. The second kappa shape index (κ2) is 6.78. The molecule has 1 N–H and O–H groups in total. The average Bonchev–Trinajstić information content (AvgIpc) is 3.24. The number of fused-ring (bicyclic) bond motifs is 4. The van der Waals surface area contributed by atoms with Crippen LogP contribution in [-0.2, 0) is 17.7 Å². The highest BCUT2D eigenvalue weighted by molar-refractivity contribution is 5.90. The molecule has 2 aliphatic rings. The van der Waals surface area contributed by atoms with Gasteiger partial charge in [-0.3, -0.25) is 5.41 Å². The van der Waals surface area contributed by atoms with Crippen molar-refractivity contribution >= 4 is 5.97 Å². The van der Waals surface area contributed by atoms with Crippen LogP contribution in [0, 0.1) is 16.7 Å². The molecule has 3 aromatic rings. The summed E-state index contributed by atoms with van der Waals surface area (Å²) in [5.74, 6) is 0.997. The lowest BCUT2D eigenvalue weighted by Gasteiger charge is -2.24. The molecule has 0 saturated carbocycles. The number of aromatic nitrogens is 1. The van der Waals surface area contributed by atoms with E-state index in [9.17, 15) is 10.1 Å². The first-order valence-electron chi connectivity index (χ1n) is 9.45. The first-order chi connectivity index (χ1) is 14.6. The number of nitriles is 1. The van der Waals surface area contributed by atoms with Crippen molar-refractivity contribution in [1.29, 1.82) is 10.7 Å². The summed E-state index contributed by atoms with van der Waals surface area (Å²) in [5.41, 5.74) is 5.24. The monoisotopic (exact) mass is 399 g/mol. The number of nitrogens with zero attached hydrogens (tertiary/aromatic N) is 2. The molecular weight excluding hydrogens is 382 g/mol. The molecule has 30 heavy (non-hydrogen) atoms. The number of hydrogen-bond donors (Lipinski definition) is 1. The van der Waals surface area contributed by atoms with Crippen LogP contribution in [-0.4, -0.2) is 24.4 Å². The molecule has 3 heterocycles. The molecule has 0 atom stereocenters. The molecule has 1 aromatic heterocycles.